The number of amides is 2. The molecule has 1 aliphatic heterocycles. The van der Waals surface area contributed by atoms with E-state index in [0.29, 0.717) is 26.8 Å². The van der Waals surface area contributed by atoms with Gasteiger partial charge >= 0.3 is 24.5 Å². The highest BCUT2D eigenvalue weighted by Gasteiger charge is 2.28. The zero-order valence-electron chi connectivity index (χ0n) is 50.3. The highest BCUT2D eigenvalue weighted by Crippen LogP contribution is 2.32. The third-order valence-electron chi connectivity index (χ3n) is 8.55. The van der Waals surface area contributed by atoms with Crippen molar-refractivity contribution >= 4 is 178 Å². The number of hydrogen-bond donors (Lipinski definition) is 4. The Labute approximate surface area is 571 Å². The minimum atomic E-state index is -1.06. The predicted octanol–water partition coefficient (Wildman–Crippen LogP) is 20.6. The maximum Gasteiger partial charge on any atom is 0.519 e. The number of aliphatic hydroxyl groups excluding tert-OH is 1. The van der Waals surface area contributed by atoms with Crippen molar-refractivity contribution in [3.63, 3.8) is 0 Å². The molecular weight excluding hydrogens is 1530 g/mol. The van der Waals surface area contributed by atoms with Crippen LogP contribution in [-0.2, 0) is 28.4 Å². The van der Waals surface area contributed by atoms with Gasteiger partial charge in [0.1, 0.15) is 59.5 Å². The Hall–Kier alpha value is -5.21. The number of hydrogen-bond acceptors (Lipinski definition) is 19. The molecule has 4 heterocycles. The minimum Gasteiger partial charge on any atom is -0.444 e. The van der Waals surface area contributed by atoms with Crippen molar-refractivity contribution in [2.45, 2.75) is 125 Å². The van der Waals surface area contributed by atoms with Gasteiger partial charge < -0.3 is 44.6 Å². The number of nitrogen functional groups attached to an aromatic ring is 1. The second-order valence-electron chi connectivity index (χ2n) is 21.1. The van der Waals surface area contributed by atoms with Crippen LogP contribution in [0.4, 0.5) is 69.8 Å². The number of rotatable bonds is 5. The molecule has 0 aliphatic carbocycles. The quantitative estimate of drug-likeness (QED) is 0.0313. The molecule has 89 heavy (non-hydrogen) atoms. The molecule has 1 fully saturated rings. The molecule has 1 atom stereocenters. The van der Waals surface area contributed by atoms with Crippen molar-refractivity contribution in [2.75, 3.05) is 33.2 Å². The van der Waals surface area contributed by atoms with Crippen LogP contribution in [0.2, 0.25) is 0 Å². The molecule has 0 bridgehead atoms. The first-order chi connectivity index (χ1) is 41.2. The highest BCUT2D eigenvalue weighted by atomic mass is 79.9. The number of ether oxygens (including phenoxy) is 6. The molecule has 490 valence electrons. The number of nitrogens with zero attached hydrogens (tertiary/aromatic N) is 4. The van der Waals surface area contributed by atoms with Crippen molar-refractivity contribution in [3.05, 3.63) is 154 Å². The van der Waals surface area contributed by atoms with Gasteiger partial charge in [-0.3, -0.25) is 5.32 Å². The van der Waals surface area contributed by atoms with Crippen molar-refractivity contribution < 1.29 is 70.3 Å². The van der Waals surface area contributed by atoms with Crippen LogP contribution in [0.25, 0.3) is 0 Å². The molecule has 7 aromatic rings. The molecule has 0 radical (unpaired) electrons. The topological polar surface area (TPSA) is 236 Å². The summed E-state index contributed by atoms with van der Waals surface area (Å²) in [4.78, 5) is 59.4. The third kappa shape index (κ3) is 42.5. The lowest BCUT2D eigenvalue weighted by molar-refractivity contribution is -0.0589. The summed E-state index contributed by atoms with van der Waals surface area (Å²) in [5.41, 5.74) is 5.11. The van der Waals surface area contributed by atoms with E-state index in [0.717, 1.165) is 43.4 Å². The van der Waals surface area contributed by atoms with Crippen LogP contribution in [-0.4, -0.2) is 85.2 Å². The lowest BCUT2D eigenvalue weighted by atomic mass is 10.2. The molecular formula is C58H69Br4Cl2F4N7O11S3. The molecule has 1 saturated heterocycles. The van der Waals surface area contributed by atoms with Crippen LogP contribution in [0.5, 0.6) is 0 Å². The monoisotopic (exact) mass is 1600 g/mol. The number of benzene rings is 4. The zero-order valence-corrected chi connectivity index (χ0v) is 60.6. The van der Waals surface area contributed by atoms with Crippen LogP contribution in [0.15, 0.2) is 131 Å². The largest absolute Gasteiger partial charge is 0.519 e. The van der Waals surface area contributed by atoms with E-state index < -0.39 is 53.2 Å². The molecule has 4 aromatic carbocycles. The fourth-order valence-corrected chi connectivity index (χ4v) is 9.43. The fraction of sp³-hybridized carbons (Fsp3) is 0.362. The SMILES string of the molecule is Brc1csc(Br)n1.CC(C)(C)OC(=O)N(c1ccc(F)cc1)c1nc(Br)cs1.CC(C)(C)OC(=O)Nc1ccc(F)cc1.CC(C)(C)OC(=O)OC(=O)OC(C)(C)C.ClCCl.Fc1ccc(Nc2nc(Br)cs2)cc1.Nc1ccc(F)cc1.OC1CCCO1. The van der Waals surface area contributed by atoms with Crippen molar-refractivity contribution in [2.24, 2.45) is 0 Å². The van der Waals surface area contributed by atoms with E-state index in [4.69, 9.17) is 57.7 Å². The van der Waals surface area contributed by atoms with Gasteiger partial charge in [0.05, 0.1) is 11.0 Å². The summed E-state index contributed by atoms with van der Waals surface area (Å²) in [5, 5.41) is 21.1. The van der Waals surface area contributed by atoms with Crippen LogP contribution >= 0.6 is 121 Å². The average molecular weight is 1600 g/mol. The molecule has 31 heteroatoms. The number of thiazole rings is 3. The Balaban J connectivity index is 0.000000532. The van der Waals surface area contributed by atoms with Crippen molar-refractivity contribution in [3.8, 4) is 0 Å². The lowest BCUT2D eigenvalue weighted by Crippen LogP contribution is -2.33. The number of carbonyl (C=O) groups excluding carboxylic acids is 4. The molecule has 2 amide bonds. The summed E-state index contributed by atoms with van der Waals surface area (Å²) in [6.07, 6.45) is -1.84. The molecule has 0 spiro atoms. The minimum absolute atomic E-state index is 0.194. The normalized spacial score (nSPS) is 12.2. The van der Waals surface area contributed by atoms with Gasteiger partial charge in [0, 0.05) is 46.2 Å². The van der Waals surface area contributed by atoms with Gasteiger partial charge in [-0.25, -0.2) is 56.6 Å². The summed E-state index contributed by atoms with van der Waals surface area (Å²) >= 11 is 26.8. The van der Waals surface area contributed by atoms with Gasteiger partial charge in [-0.05, 0) is 250 Å². The number of aliphatic hydroxyl groups is 1. The molecule has 5 N–H and O–H groups in total. The number of halogens is 10. The summed E-state index contributed by atoms with van der Waals surface area (Å²) in [5.74, 6) is -1.21. The standard InChI is InChI=1S/C14H14BrFN2O2S.C11H14FNO2.C10H18O5.C9H6BrFN2S.C6H6FN.C4H8O2.C3HBr2NS.CH2Cl2/c1-14(2,3)20-13(19)18(12-17-11(15)8-21-12)10-6-4-9(16)5-7-10;1-11(2,3)15-10(14)13-9-6-4-8(12)5-7-9;1-9(2,3)14-7(11)13-8(12)15-10(4,5)6;10-8-5-14-9(13-8)12-7-3-1-6(11)2-4-7;7-5-1-3-6(8)4-2-5;5-4-2-1-3-6-4;4-2-1-7-3(5)6-2;2-1-3/h4-8H,1-3H3;4-7H,1-3H3,(H,13,14);1-6H3;1-5H,(H,12,13);1-4H,8H2;4-5H,1-3H2;1H;1H2. The van der Waals surface area contributed by atoms with E-state index in [9.17, 15) is 36.7 Å². The van der Waals surface area contributed by atoms with Gasteiger partial charge in [-0.1, -0.05) is 0 Å². The summed E-state index contributed by atoms with van der Waals surface area (Å²) < 4.78 is 82.4. The molecule has 3 aromatic heterocycles. The van der Waals surface area contributed by atoms with Gasteiger partial charge in [0.2, 0.25) is 5.13 Å². The van der Waals surface area contributed by atoms with Crippen LogP contribution in [0.1, 0.15) is 95.9 Å². The molecule has 1 aliphatic rings. The van der Waals surface area contributed by atoms with Gasteiger partial charge in [-0.2, -0.15) is 0 Å². The van der Waals surface area contributed by atoms with E-state index in [-0.39, 0.29) is 28.6 Å². The molecule has 8 rings (SSSR count). The maximum absolute atomic E-state index is 13.1. The number of carbonyl (C=O) groups is 4. The number of alkyl halides is 2. The maximum atomic E-state index is 13.1. The molecule has 0 saturated carbocycles. The number of aromatic nitrogens is 3. The predicted molar refractivity (Wildman–Crippen MR) is 360 cm³/mol. The van der Waals surface area contributed by atoms with Crippen LogP contribution in [0.3, 0.4) is 0 Å². The second-order valence-corrected chi connectivity index (χ2v) is 28.1. The first kappa shape index (κ1) is 81.8. The van der Waals surface area contributed by atoms with Crippen molar-refractivity contribution in [1.29, 1.82) is 0 Å². The zero-order chi connectivity index (χ0) is 67.7. The third-order valence-corrected chi connectivity index (χ3v) is 13.6. The fourth-order valence-electron chi connectivity index (χ4n) is 5.33. The number of nitrogens with one attached hydrogen (secondary N) is 2. The number of anilines is 6. The summed E-state index contributed by atoms with van der Waals surface area (Å²) in [6, 6.07) is 22.9. The first-order valence-electron chi connectivity index (χ1n) is 25.9. The van der Waals surface area contributed by atoms with Crippen LogP contribution in [0, 0.1) is 23.3 Å². The Bertz CT molecular complexity index is 3100. The van der Waals surface area contributed by atoms with E-state index >= 15 is 0 Å². The van der Waals surface area contributed by atoms with E-state index in [1.54, 1.807) is 112 Å². The summed E-state index contributed by atoms with van der Waals surface area (Å²) in [7, 11) is 0. The first-order valence-corrected chi connectivity index (χ1v) is 32.7. The smallest absolute Gasteiger partial charge is 0.444 e. The molecule has 18 nitrogen and oxygen atoms in total. The highest BCUT2D eigenvalue weighted by molar-refractivity contribution is 9.11. The Morgan fingerprint density at radius 3 is 1.34 bits per heavy atom. The average Bonchev–Trinajstić information content (AvgIpc) is 2.04. The Morgan fingerprint density at radius 1 is 0.607 bits per heavy atom. The van der Waals surface area contributed by atoms with E-state index in [1.807, 2.05) is 10.8 Å². The van der Waals surface area contributed by atoms with Gasteiger partial charge in [0.15, 0.2) is 15.3 Å². The van der Waals surface area contributed by atoms with E-state index in [1.165, 1.54) is 113 Å². The molecule has 1 unspecified atom stereocenters. The van der Waals surface area contributed by atoms with Crippen LogP contribution < -0.4 is 21.3 Å². The summed E-state index contributed by atoms with van der Waals surface area (Å²) in [6.45, 7) is 21.4. The van der Waals surface area contributed by atoms with Gasteiger partial charge in [-0.15, -0.1) is 57.2 Å². The Kier molecular flexibility index (Phi) is 38.0. The van der Waals surface area contributed by atoms with Crippen molar-refractivity contribution in [1.82, 2.24) is 15.0 Å². The lowest BCUT2D eigenvalue weighted by Gasteiger charge is -2.25. The second kappa shape index (κ2) is 41.3. The van der Waals surface area contributed by atoms with E-state index in [2.05, 4.69) is 94.0 Å². The Morgan fingerprint density at radius 2 is 1.01 bits per heavy atom. The van der Waals surface area contributed by atoms with Gasteiger partial charge in [0.25, 0.3) is 0 Å². The number of nitrogens with two attached hydrogens (primary N) is 1.